The van der Waals surface area contributed by atoms with E-state index in [1.54, 1.807) is 0 Å². The van der Waals surface area contributed by atoms with Crippen LogP contribution in [-0.4, -0.2) is 73.0 Å². The maximum atomic E-state index is 13.8. The van der Waals surface area contributed by atoms with E-state index in [-0.39, 0.29) is 61.2 Å². The van der Waals surface area contributed by atoms with Gasteiger partial charge in [-0.05, 0) is 50.4 Å². The number of carbonyl (C=O) groups excluding carboxylic acids is 1. The van der Waals surface area contributed by atoms with Gasteiger partial charge in [-0.3, -0.25) is 25.6 Å². The Morgan fingerprint density at radius 3 is 2.53 bits per heavy atom. The van der Waals surface area contributed by atoms with E-state index in [9.17, 15) is 13.6 Å². The number of halogens is 2. The van der Waals surface area contributed by atoms with Crippen molar-refractivity contribution in [1.82, 2.24) is 26.2 Å². The van der Waals surface area contributed by atoms with Crippen LogP contribution < -0.4 is 32.7 Å². The lowest BCUT2D eigenvalue weighted by Crippen LogP contribution is -2.72. The summed E-state index contributed by atoms with van der Waals surface area (Å²) in [7, 11) is 0. The van der Waals surface area contributed by atoms with Gasteiger partial charge in [0.05, 0.1) is 12.1 Å². The highest BCUT2D eigenvalue weighted by atomic mass is 19.3. The van der Waals surface area contributed by atoms with Crippen LogP contribution in [0.3, 0.4) is 0 Å². The van der Waals surface area contributed by atoms with Crippen LogP contribution in [0.1, 0.15) is 65.2 Å². The fourth-order valence-electron chi connectivity index (χ4n) is 6.41. The zero-order valence-corrected chi connectivity index (χ0v) is 20.7. The molecule has 8 nitrogen and oxygen atoms in total. The second-order valence-electron chi connectivity index (χ2n) is 11.5. The zero-order valence-electron chi connectivity index (χ0n) is 20.7. The molecule has 4 fully saturated rings. The van der Waals surface area contributed by atoms with E-state index < -0.39 is 5.92 Å². The number of piperidine rings is 2. The molecule has 0 aromatic carbocycles. The summed E-state index contributed by atoms with van der Waals surface area (Å²) in [6.07, 6.45) is 4.71. The second-order valence-corrected chi connectivity index (χ2v) is 11.5. The molecule has 1 saturated carbocycles. The molecule has 0 radical (unpaired) electrons. The first-order valence-electron chi connectivity index (χ1n) is 13.3. The number of primary amides is 1. The molecule has 196 valence electrons. The summed E-state index contributed by atoms with van der Waals surface area (Å²) in [5.41, 5.74) is 12.0. The quantitative estimate of drug-likeness (QED) is 0.330. The summed E-state index contributed by atoms with van der Waals surface area (Å²) in [5, 5.41) is 14.6. The highest BCUT2D eigenvalue weighted by Gasteiger charge is 2.43. The lowest BCUT2D eigenvalue weighted by molar-refractivity contribution is -0.124. The molecule has 7 atom stereocenters. The van der Waals surface area contributed by atoms with Crippen molar-refractivity contribution in [2.45, 2.75) is 108 Å². The van der Waals surface area contributed by atoms with Gasteiger partial charge in [0.2, 0.25) is 11.8 Å². The first-order valence-corrected chi connectivity index (χ1v) is 13.3. The van der Waals surface area contributed by atoms with Crippen molar-refractivity contribution in [3.63, 3.8) is 0 Å². The number of carbonyl (C=O) groups is 1. The minimum absolute atomic E-state index is 0.0143. The van der Waals surface area contributed by atoms with Crippen LogP contribution in [0.25, 0.3) is 0 Å². The van der Waals surface area contributed by atoms with Crippen molar-refractivity contribution in [2.24, 2.45) is 29.2 Å². The Bertz CT molecular complexity index is 686. The van der Waals surface area contributed by atoms with E-state index >= 15 is 0 Å². The van der Waals surface area contributed by atoms with Crippen molar-refractivity contribution in [1.29, 1.82) is 0 Å². The maximum Gasteiger partial charge on any atom is 0.248 e. The number of nitrogens with zero attached hydrogens (tertiary/aromatic N) is 1. The molecule has 0 bridgehead atoms. The number of hydrogen-bond acceptors (Lipinski definition) is 7. The molecule has 6 unspecified atom stereocenters. The van der Waals surface area contributed by atoms with Crippen LogP contribution in [0.4, 0.5) is 8.78 Å². The van der Waals surface area contributed by atoms with Crippen molar-refractivity contribution >= 4 is 5.91 Å². The Hall–Kier alpha value is -0.910. The Balaban J connectivity index is 1.43. The molecule has 3 heterocycles. The Morgan fingerprint density at radius 2 is 1.88 bits per heavy atom. The molecule has 1 amide bonds. The van der Waals surface area contributed by atoms with Crippen LogP contribution >= 0.6 is 0 Å². The molecule has 34 heavy (non-hydrogen) atoms. The van der Waals surface area contributed by atoms with Gasteiger partial charge in [-0.15, -0.1) is 0 Å². The van der Waals surface area contributed by atoms with Gasteiger partial charge in [0, 0.05) is 56.6 Å². The van der Waals surface area contributed by atoms with E-state index in [1.165, 1.54) is 0 Å². The summed E-state index contributed by atoms with van der Waals surface area (Å²) < 4.78 is 27.5. The van der Waals surface area contributed by atoms with Gasteiger partial charge in [0.25, 0.3) is 0 Å². The fraction of sp³-hybridized carbons (Fsp3) is 0.958. The molecular formula is C24H45F2N7O. The third kappa shape index (κ3) is 6.44. The van der Waals surface area contributed by atoms with E-state index in [2.05, 4.69) is 40.0 Å². The monoisotopic (exact) mass is 485 g/mol. The predicted molar refractivity (Wildman–Crippen MR) is 129 cm³/mol. The molecule has 4 aliphatic rings. The lowest BCUT2D eigenvalue weighted by atomic mass is 9.76. The Morgan fingerprint density at radius 1 is 1.15 bits per heavy atom. The molecule has 3 saturated heterocycles. The molecule has 0 aromatic rings. The molecule has 8 N–H and O–H groups in total. The zero-order chi connectivity index (χ0) is 24.5. The van der Waals surface area contributed by atoms with Gasteiger partial charge in [-0.2, -0.15) is 0 Å². The predicted octanol–water partition coefficient (Wildman–Crippen LogP) is 0.874. The largest absolute Gasteiger partial charge is 0.369 e. The van der Waals surface area contributed by atoms with Crippen molar-refractivity contribution in [3.05, 3.63) is 0 Å². The van der Waals surface area contributed by atoms with Gasteiger partial charge in [0.15, 0.2) is 0 Å². The number of hydrogen-bond donors (Lipinski definition) is 6. The number of likely N-dealkylation sites (tertiary alicyclic amines) is 1. The minimum atomic E-state index is -2.51. The summed E-state index contributed by atoms with van der Waals surface area (Å²) in [6, 6.07) is 0.864. The van der Waals surface area contributed by atoms with Crippen LogP contribution in [0.2, 0.25) is 0 Å². The summed E-state index contributed by atoms with van der Waals surface area (Å²) >= 11 is 0. The van der Waals surface area contributed by atoms with E-state index in [0.717, 1.165) is 38.8 Å². The van der Waals surface area contributed by atoms with Crippen molar-refractivity contribution < 1.29 is 13.6 Å². The van der Waals surface area contributed by atoms with Gasteiger partial charge in [-0.1, -0.05) is 13.8 Å². The number of nitrogens with two attached hydrogens (primary N) is 2. The molecule has 10 heteroatoms. The minimum Gasteiger partial charge on any atom is -0.369 e. The number of nitrogens with one attached hydrogen (secondary N) is 4. The van der Waals surface area contributed by atoms with E-state index in [0.29, 0.717) is 31.3 Å². The maximum absolute atomic E-state index is 13.8. The summed E-state index contributed by atoms with van der Waals surface area (Å²) in [4.78, 5) is 14.6. The molecular weight excluding hydrogens is 440 g/mol. The summed E-state index contributed by atoms with van der Waals surface area (Å²) in [6.45, 7) is 6.70. The average molecular weight is 486 g/mol. The smallest absolute Gasteiger partial charge is 0.248 e. The Kier molecular flexibility index (Phi) is 8.47. The topological polar surface area (TPSA) is 120 Å². The first-order chi connectivity index (χ1) is 16.1. The fourth-order valence-corrected chi connectivity index (χ4v) is 6.41. The number of alkyl halides is 2. The third-order valence-electron chi connectivity index (χ3n) is 8.55. The molecule has 0 aromatic heterocycles. The third-order valence-corrected chi connectivity index (χ3v) is 8.55. The standard InChI is InChI=1S/C24H45F2N7O/c1-14(2)19-10-17(11-20(31-19)15-5-7-24(25,26)8-6-15)30-22-18(21(28)34)12-29-23(32-22)33-9-3-4-16(27)13-33/h14-20,22-23,29-32H,3-13,27H2,1-2H3,(H2,28,34)/t16-,17?,18?,19?,20?,22?,23?/m0/s1. The second kappa shape index (κ2) is 11.0. The number of rotatable bonds is 6. The summed E-state index contributed by atoms with van der Waals surface area (Å²) in [5.74, 6) is -2.51. The van der Waals surface area contributed by atoms with Gasteiger partial charge in [0.1, 0.15) is 6.29 Å². The van der Waals surface area contributed by atoms with Crippen LogP contribution in [0, 0.1) is 17.8 Å². The molecule has 0 spiro atoms. The van der Waals surface area contributed by atoms with E-state index in [4.69, 9.17) is 11.5 Å². The lowest BCUT2D eigenvalue weighted by Gasteiger charge is -2.48. The van der Waals surface area contributed by atoms with Gasteiger partial charge < -0.3 is 16.8 Å². The molecule has 3 aliphatic heterocycles. The SMILES string of the molecule is CC(C)C1CC(NC2NC(N3CCC[C@H](N)C3)NCC2C(N)=O)CC(C2CCC(F)(F)CC2)N1. The molecule has 4 rings (SSSR count). The number of amides is 1. The van der Waals surface area contributed by atoms with Crippen LogP contribution in [0.15, 0.2) is 0 Å². The highest BCUT2D eigenvalue weighted by molar-refractivity contribution is 5.77. The van der Waals surface area contributed by atoms with Crippen molar-refractivity contribution in [2.75, 3.05) is 19.6 Å². The Labute approximate surface area is 202 Å². The van der Waals surface area contributed by atoms with Crippen molar-refractivity contribution in [3.8, 4) is 0 Å². The van der Waals surface area contributed by atoms with Crippen LogP contribution in [-0.2, 0) is 4.79 Å². The van der Waals surface area contributed by atoms with Gasteiger partial charge >= 0.3 is 0 Å². The van der Waals surface area contributed by atoms with Crippen LogP contribution in [0.5, 0.6) is 0 Å². The average Bonchev–Trinajstić information content (AvgIpc) is 2.78. The normalized spacial score (nSPS) is 40.4. The van der Waals surface area contributed by atoms with E-state index in [1.807, 2.05) is 0 Å². The van der Waals surface area contributed by atoms with Gasteiger partial charge in [-0.25, -0.2) is 8.78 Å². The first kappa shape index (κ1) is 26.2. The molecule has 1 aliphatic carbocycles. The highest BCUT2D eigenvalue weighted by Crippen LogP contribution is 2.39.